The normalized spacial score (nSPS) is 24.0. The zero-order chi connectivity index (χ0) is 29.0. The number of pyridine rings is 1. The van der Waals surface area contributed by atoms with Gasteiger partial charge in [-0.05, 0) is 92.7 Å². The predicted octanol–water partition coefficient (Wildman–Crippen LogP) is 5.31. The molecule has 10 heteroatoms. The van der Waals surface area contributed by atoms with E-state index in [4.69, 9.17) is 15.2 Å². The molecule has 216 valence electrons. The third-order valence-electron chi connectivity index (χ3n) is 9.12. The van der Waals surface area contributed by atoms with Crippen molar-refractivity contribution in [3.8, 4) is 17.2 Å². The molecular weight excluding hydrogens is 532 g/mol. The molecule has 0 radical (unpaired) electrons. The van der Waals surface area contributed by atoms with Crippen molar-refractivity contribution in [3.63, 3.8) is 0 Å². The van der Waals surface area contributed by atoms with Crippen molar-refractivity contribution in [3.05, 3.63) is 66.0 Å². The summed E-state index contributed by atoms with van der Waals surface area (Å²) in [5.41, 5.74) is 7.65. The SMILES string of the molecule is COc1cc2nccc(Oc3ccc(Nc4nn(C)cc4C(=O)NC45CC6CC(CC(C6)C4)C5)cc3)c2cc1C(N)=O. The van der Waals surface area contributed by atoms with E-state index in [0.717, 1.165) is 42.7 Å². The number of primary amides is 1. The fourth-order valence-electron chi connectivity index (χ4n) is 7.79. The third-order valence-corrected chi connectivity index (χ3v) is 9.12. The molecule has 8 rings (SSSR count). The Morgan fingerprint density at radius 1 is 0.976 bits per heavy atom. The number of nitrogens with zero attached hydrogens (tertiary/aromatic N) is 3. The molecule has 4 saturated carbocycles. The molecule has 2 heterocycles. The Balaban J connectivity index is 1.08. The first-order valence-electron chi connectivity index (χ1n) is 14.5. The fourth-order valence-corrected chi connectivity index (χ4v) is 7.79. The first-order chi connectivity index (χ1) is 20.3. The molecule has 2 aromatic carbocycles. The number of fused-ring (bicyclic) bond motifs is 1. The van der Waals surface area contributed by atoms with Gasteiger partial charge >= 0.3 is 0 Å². The van der Waals surface area contributed by atoms with E-state index in [1.54, 1.807) is 35.3 Å². The summed E-state index contributed by atoms with van der Waals surface area (Å²) in [6, 6.07) is 12.4. The molecule has 0 atom stereocenters. The molecule has 0 aliphatic heterocycles. The molecule has 42 heavy (non-hydrogen) atoms. The molecule has 4 aromatic rings. The van der Waals surface area contributed by atoms with Crippen molar-refractivity contribution in [1.82, 2.24) is 20.1 Å². The van der Waals surface area contributed by atoms with Crippen LogP contribution in [0.25, 0.3) is 10.9 Å². The Kier molecular flexibility index (Phi) is 6.29. The molecule has 2 aromatic heterocycles. The number of carbonyl (C=O) groups is 2. The number of aryl methyl sites for hydroxylation is 1. The maximum Gasteiger partial charge on any atom is 0.257 e. The molecule has 0 unspecified atom stereocenters. The first-order valence-corrected chi connectivity index (χ1v) is 14.5. The lowest BCUT2D eigenvalue weighted by molar-refractivity contribution is -0.0166. The Hall–Kier alpha value is -4.60. The number of nitrogens with one attached hydrogen (secondary N) is 2. The molecule has 4 aliphatic rings. The number of aromatic nitrogens is 3. The van der Waals surface area contributed by atoms with Crippen LogP contribution in [-0.4, -0.2) is 39.2 Å². The lowest BCUT2D eigenvalue weighted by Crippen LogP contribution is -2.59. The molecule has 0 saturated heterocycles. The number of rotatable bonds is 8. The van der Waals surface area contributed by atoms with Crippen molar-refractivity contribution in [2.24, 2.45) is 30.5 Å². The van der Waals surface area contributed by atoms with Crippen molar-refractivity contribution < 1.29 is 19.1 Å². The second-order valence-electron chi connectivity index (χ2n) is 12.2. The maximum absolute atomic E-state index is 13.6. The van der Waals surface area contributed by atoms with Crippen LogP contribution in [0, 0.1) is 17.8 Å². The Bertz CT molecular complexity index is 1660. The van der Waals surface area contributed by atoms with Crippen LogP contribution in [0.4, 0.5) is 11.5 Å². The Morgan fingerprint density at radius 2 is 1.67 bits per heavy atom. The first kappa shape index (κ1) is 26.3. The molecule has 10 nitrogen and oxygen atoms in total. The highest BCUT2D eigenvalue weighted by molar-refractivity contribution is 6.01. The van der Waals surface area contributed by atoms with Crippen molar-refractivity contribution in [2.45, 2.75) is 44.1 Å². The van der Waals surface area contributed by atoms with Crippen molar-refractivity contribution in [1.29, 1.82) is 0 Å². The quantitative estimate of drug-likeness (QED) is 0.263. The predicted molar refractivity (Wildman–Crippen MR) is 158 cm³/mol. The number of amides is 2. The van der Waals surface area contributed by atoms with Gasteiger partial charge in [-0.3, -0.25) is 19.3 Å². The van der Waals surface area contributed by atoms with Gasteiger partial charge in [0.05, 0.1) is 18.2 Å². The molecular formula is C32H34N6O4. The smallest absolute Gasteiger partial charge is 0.257 e. The molecule has 4 fully saturated rings. The van der Waals surface area contributed by atoms with Crippen molar-refractivity contribution >= 4 is 34.2 Å². The van der Waals surface area contributed by atoms with Gasteiger partial charge in [-0.1, -0.05) is 0 Å². The van der Waals surface area contributed by atoms with Gasteiger partial charge in [0.15, 0.2) is 5.82 Å². The summed E-state index contributed by atoms with van der Waals surface area (Å²) in [6.45, 7) is 0. The second-order valence-corrected chi connectivity index (χ2v) is 12.2. The van der Waals surface area contributed by atoms with E-state index in [2.05, 4.69) is 20.7 Å². The van der Waals surface area contributed by atoms with E-state index in [9.17, 15) is 9.59 Å². The van der Waals surface area contributed by atoms with Crippen LogP contribution in [0.5, 0.6) is 17.2 Å². The number of nitrogens with two attached hydrogens (primary N) is 1. The largest absolute Gasteiger partial charge is 0.496 e. The molecule has 4 bridgehead atoms. The number of ether oxygens (including phenoxy) is 2. The lowest BCUT2D eigenvalue weighted by atomic mass is 9.53. The maximum atomic E-state index is 13.6. The lowest BCUT2D eigenvalue weighted by Gasteiger charge is -2.56. The van der Waals surface area contributed by atoms with E-state index in [-0.39, 0.29) is 17.0 Å². The molecule has 0 spiro atoms. The summed E-state index contributed by atoms with van der Waals surface area (Å²) < 4.78 is 13.1. The van der Waals surface area contributed by atoms with E-state index in [1.165, 1.54) is 26.4 Å². The van der Waals surface area contributed by atoms with Gasteiger partial charge in [-0.25, -0.2) is 0 Å². The number of hydrogen-bond donors (Lipinski definition) is 3. The fraction of sp³-hybridized carbons (Fsp3) is 0.375. The number of carbonyl (C=O) groups excluding carboxylic acids is 2. The molecule has 4 N–H and O–H groups in total. The van der Waals surface area contributed by atoms with E-state index < -0.39 is 5.91 Å². The van der Waals surface area contributed by atoms with Gasteiger partial charge in [0.2, 0.25) is 0 Å². The summed E-state index contributed by atoms with van der Waals surface area (Å²) in [6.07, 6.45) is 10.7. The third kappa shape index (κ3) is 4.80. The summed E-state index contributed by atoms with van der Waals surface area (Å²) in [5, 5.41) is 11.9. The Labute approximate surface area is 243 Å². The zero-order valence-corrected chi connectivity index (χ0v) is 23.7. The minimum atomic E-state index is -0.598. The average Bonchev–Trinajstić information content (AvgIpc) is 3.32. The van der Waals surface area contributed by atoms with Gasteiger partial charge in [-0.15, -0.1) is 0 Å². The van der Waals surface area contributed by atoms with Crippen LogP contribution in [0.1, 0.15) is 59.2 Å². The Morgan fingerprint density at radius 3 is 2.31 bits per heavy atom. The van der Waals surface area contributed by atoms with Crippen LogP contribution in [-0.2, 0) is 7.05 Å². The van der Waals surface area contributed by atoms with Crippen LogP contribution >= 0.6 is 0 Å². The van der Waals surface area contributed by atoms with Gasteiger partial charge < -0.3 is 25.8 Å². The second kappa shape index (κ2) is 10.0. The van der Waals surface area contributed by atoms with Crippen molar-refractivity contribution in [2.75, 3.05) is 12.4 Å². The van der Waals surface area contributed by atoms with Gasteiger partial charge in [0.25, 0.3) is 11.8 Å². The molecule has 2 amide bonds. The van der Waals surface area contributed by atoms with Crippen LogP contribution < -0.4 is 25.8 Å². The number of anilines is 2. The van der Waals surface area contributed by atoms with Gasteiger partial charge in [0.1, 0.15) is 22.8 Å². The summed E-state index contributed by atoms with van der Waals surface area (Å²) >= 11 is 0. The van der Waals surface area contributed by atoms with Gasteiger partial charge in [0, 0.05) is 42.1 Å². The summed E-state index contributed by atoms with van der Waals surface area (Å²) in [7, 11) is 3.30. The monoisotopic (exact) mass is 566 g/mol. The minimum absolute atomic E-state index is 0.0657. The average molecular weight is 567 g/mol. The van der Waals surface area contributed by atoms with Crippen LogP contribution in [0.15, 0.2) is 54.9 Å². The van der Waals surface area contributed by atoms with Crippen LogP contribution in [0.2, 0.25) is 0 Å². The van der Waals surface area contributed by atoms with E-state index in [1.807, 2.05) is 31.3 Å². The van der Waals surface area contributed by atoms with E-state index in [0.29, 0.717) is 39.5 Å². The summed E-state index contributed by atoms with van der Waals surface area (Å²) in [4.78, 5) is 29.9. The summed E-state index contributed by atoms with van der Waals surface area (Å²) in [5.74, 6) is 3.58. The standard InChI is InChI=1S/C32H34N6O4/c1-38-17-25(31(40)36-32-14-18-9-19(15-32)11-20(10-18)16-32)30(37-38)35-21-3-5-22(6-4-21)42-27-7-8-34-26-13-28(41-2)24(29(33)39)12-23(26)27/h3-8,12-13,17-20H,9-11,14-16H2,1-2H3,(H2,33,39)(H,35,37)(H,36,40). The van der Waals surface area contributed by atoms with Crippen LogP contribution in [0.3, 0.4) is 0 Å². The topological polar surface area (TPSA) is 133 Å². The minimum Gasteiger partial charge on any atom is -0.496 e. The highest BCUT2D eigenvalue weighted by Crippen LogP contribution is 2.55. The number of methoxy groups -OCH3 is 1. The van der Waals surface area contributed by atoms with Gasteiger partial charge in [-0.2, -0.15) is 5.10 Å². The highest BCUT2D eigenvalue weighted by atomic mass is 16.5. The highest BCUT2D eigenvalue weighted by Gasteiger charge is 2.51. The molecule has 4 aliphatic carbocycles. The number of benzene rings is 2. The van der Waals surface area contributed by atoms with E-state index >= 15 is 0 Å². The number of hydrogen-bond acceptors (Lipinski definition) is 7. The zero-order valence-electron chi connectivity index (χ0n) is 23.7.